The third kappa shape index (κ3) is 5.76. The van der Waals surface area contributed by atoms with Crippen LogP contribution in [-0.4, -0.2) is 21.0 Å². The van der Waals surface area contributed by atoms with Crippen molar-refractivity contribution in [3.05, 3.63) is 71.9 Å². The van der Waals surface area contributed by atoms with E-state index >= 15 is 0 Å². The first-order chi connectivity index (χ1) is 14.4. The van der Waals surface area contributed by atoms with Crippen LogP contribution in [0.15, 0.2) is 60.8 Å². The van der Waals surface area contributed by atoms with E-state index in [0.29, 0.717) is 35.2 Å². The first-order valence-electron chi connectivity index (χ1n) is 9.68. The smallest absolute Gasteiger partial charge is 0.229 e. The molecule has 6 N–H and O–H groups in total. The average Bonchev–Trinajstić information content (AvgIpc) is 2.73. The number of carbonyl (C=O) groups excluding carboxylic acids is 1. The highest BCUT2D eigenvalue weighted by molar-refractivity contribution is 5.92. The van der Waals surface area contributed by atoms with Gasteiger partial charge in [-0.05, 0) is 23.8 Å². The van der Waals surface area contributed by atoms with E-state index in [1.807, 2.05) is 62.4 Å². The summed E-state index contributed by atoms with van der Waals surface area (Å²) in [6.07, 6.45) is 0.282. The number of hydrogen-bond donors (Lipinski definition) is 5. The normalized spacial score (nSPS) is 11.8. The van der Waals surface area contributed by atoms with E-state index in [2.05, 4.69) is 25.9 Å². The lowest BCUT2D eigenvalue weighted by Gasteiger charge is -2.15. The summed E-state index contributed by atoms with van der Waals surface area (Å²) < 4.78 is 0. The van der Waals surface area contributed by atoms with E-state index in [0.717, 1.165) is 5.56 Å². The van der Waals surface area contributed by atoms with Crippen molar-refractivity contribution in [1.29, 1.82) is 0 Å². The number of anilines is 4. The second-order valence-corrected chi connectivity index (χ2v) is 7.13. The number of aliphatic hydroxyl groups is 1. The first-order valence-corrected chi connectivity index (χ1v) is 9.68. The van der Waals surface area contributed by atoms with E-state index < -0.39 is 6.23 Å². The van der Waals surface area contributed by atoms with Gasteiger partial charge < -0.3 is 26.8 Å². The van der Waals surface area contributed by atoms with Crippen LogP contribution >= 0.6 is 0 Å². The Morgan fingerprint density at radius 1 is 1.10 bits per heavy atom. The standard InChI is InChI=1S/C22H26N6O2/c1-14(2)21(30)26-16-9-6-10-17(11-16)27-22-25-13-18(19(23)29)20(28-22)24-12-15-7-4-3-5-8-15/h3-11,13-14,19,29H,12,23H2,1-2H3,(H,26,30)(H2,24,25,27,28). The van der Waals surface area contributed by atoms with Gasteiger partial charge in [0.15, 0.2) is 0 Å². The van der Waals surface area contributed by atoms with Gasteiger partial charge in [-0.25, -0.2) is 4.98 Å². The first kappa shape index (κ1) is 21.2. The van der Waals surface area contributed by atoms with Crippen LogP contribution in [0.25, 0.3) is 0 Å². The lowest BCUT2D eigenvalue weighted by atomic mass is 10.2. The fraction of sp³-hybridized carbons (Fsp3) is 0.227. The molecule has 0 saturated heterocycles. The zero-order valence-corrected chi connectivity index (χ0v) is 17.0. The molecule has 3 aromatic rings. The summed E-state index contributed by atoms with van der Waals surface area (Å²) in [6.45, 7) is 4.19. The molecule has 0 fully saturated rings. The lowest BCUT2D eigenvalue weighted by Crippen LogP contribution is -2.17. The van der Waals surface area contributed by atoms with Crippen molar-refractivity contribution >= 4 is 29.0 Å². The summed E-state index contributed by atoms with van der Waals surface area (Å²) in [5.74, 6) is 0.605. The molecule has 0 aliphatic carbocycles. The van der Waals surface area contributed by atoms with Gasteiger partial charge in [-0.3, -0.25) is 4.79 Å². The Kier molecular flexibility index (Phi) is 6.95. The number of aromatic nitrogens is 2. The van der Waals surface area contributed by atoms with Crippen LogP contribution in [0, 0.1) is 5.92 Å². The minimum atomic E-state index is -1.20. The molecule has 0 radical (unpaired) electrons. The summed E-state index contributed by atoms with van der Waals surface area (Å²) in [4.78, 5) is 20.6. The van der Waals surface area contributed by atoms with Crippen LogP contribution in [0.4, 0.5) is 23.1 Å². The molecular weight excluding hydrogens is 380 g/mol. The number of nitrogens with one attached hydrogen (secondary N) is 3. The Balaban J connectivity index is 1.77. The van der Waals surface area contributed by atoms with Crippen molar-refractivity contribution in [3.63, 3.8) is 0 Å². The number of nitrogens with two attached hydrogens (primary N) is 1. The Labute approximate surface area is 175 Å². The molecule has 0 saturated carbocycles. The maximum absolute atomic E-state index is 11.9. The van der Waals surface area contributed by atoms with Crippen molar-refractivity contribution in [2.24, 2.45) is 11.7 Å². The zero-order chi connectivity index (χ0) is 21.5. The van der Waals surface area contributed by atoms with Crippen LogP contribution in [0.1, 0.15) is 31.2 Å². The Morgan fingerprint density at radius 2 is 1.83 bits per heavy atom. The largest absolute Gasteiger partial charge is 0.374 e. The molecule has 3 rings (SSSR count). The van der Waals surface area contributed by atoms with E-state index in [1.54, 1.807) is 6.07 Å². The van der Waals surface area contributed by atoms with E-state index in [9.17, 15) is 9.90 Å². The van der Waals surface area contributed by atoms with Gasteiger partial charge in [0.25, 0.3) is 0 Å². The molecule has 0 aliphatic rings. The maximum Gasteiger partial charge on any atom is 0.229 e. The molecule has 1 amide bonds. The van der Waals surface area contributed by atoms with Crippen LogP contribution in [0.3, 0.4) is 0 Å². The van der Waals surface area contributed by atoms with Crippen LogP contribution in [0.5, 0.6) is 0 Å². The molecule has 30 heavy (non-hydrogen) atoms. The van der Waals surface area contributed by atoms with Crippen LogP contribution < -0.4 is 21.7 Å². The fourth-order valence-electron chi connectivity index (χ4n) is 2.68. The summed E-state index contributed by atoms with van der Waals surface area (Å²) in [5, 5.41) is 19.0. The lowest BCUT2D eigenvalue weighted by molar-refractivity contribution is -0.118. The molecule has 2 aromatic carbocycles. The van der Waals surface area contributed by atoms with Crippen molar-refractivity contribution in [2.45, 2.75) is 26.6 Å². The predicted molar refractivity (Wildman–Crippen MR) is 118 cm³/mol. The van der Waals surface area contributed by atoms with Crippen molar-refractivity contribution in [2.75, 3.05) is 16.0 Å². The highest BCUT2D eigenvalue weighted by Gasteiger charge is 2.13. The molecule has 0 aliphatic heterocycles. The topological polar surface area (TPSA) is 125 Å². The minimum absolute atomic E-state index is 0.0583. The summed E-state index contributed by atoms with van der Waals surface area (Å²) >= 11 is 0. The summed E-state index contributed by atoms with van der Waals surface area (Å²) in [5.41, 5.74) is 8.51. The molecule has 0 bridgehead atoms. The Hall–Kier alpha value is -3.49. The molecule has 156 valence electrons. The Bertz CT molecular complexity index is 992. The molecule has 1 aromatic heterocycles. The quantitative estimate of drug-likeness (QED) is 0.363. The molecule has 8 nitrogen and oxygen atoms in total. The third-order valence-corrected chi connectivity index (χ3v) is 4.35. The number of benzene rings is 2. The fourth-order valence-corrected chi connectivity index (χ4v) is 2.68. The highest BCUT2D eigenvalue weighted by Crippen LogP contribution is 2.23. The van der Waals surface area contributed by atoms with Gasteiger partial charge in [0.2, 0.25) is 11.9 Å². The second-order valence-electron chi connectivity index (χ2n) is 7.13. The van der Waals surface area contributed by atoms with Crippen molar-refractivity contribution < 1.29 is 9.90 Å². The Morgan fingerprint density at radius 3 is 2.53 bits per heavy atom. The van der Waals surface area contributed by atoms with Crippen LogP contribution in [0.2, 0.25) is 0 Å². The third-order valence-electron chi connectivity index (χ3n) is 4.35. The van der Waals surface area contributed by atoms with Crippen molar-refractivity contribution in [3.8, 4) is 0 Å². The van der Waals surface area contributed by atoms with Gasteiger partial charge in [-0.15, -0.1) is 0 Å². The van der Waals surface area contributed by atoms with Gasteiger partial charge in [0.1, 0.15) is 12.0 Å². The molecule has 8 heteroatoms. The average molecular weight is 406 g/mol. The van der Waals surface area contributed by atoms with E-state index in [4.69, 9.17) is 5.73 Å². The van der Waals surface area contributed by atoms with Gasteiger partial charge >= 0.3 is 0 Å². The highest BCUT2D eigenvalue weighted by atomic mass is 16.3. The maximum atomic E-state index is 11.9. The zero-order valence-electron chi connectivity index (χ0n) is 17.0. The number of nitrogens with zero attached hydrogens (tertiary/aromatic N) is 2. The van der Waals surface area contributed by atoms with E-state index in [1.165, 1.54) is 6.20 Å². The predicted octanol–water partition coefficient (Wildman–Crippen LogP) is 3.38. The van der Waals surface area contributed by atoms with Gasteiger partial charge in [0, 0.05) is 30.0 Å². The monoisotopic (exact) mass is 406 g/mol. The molecule has 1 atom stereocenters. The van der Waals surface area contributed by atoms with Gasteiger partial charge in [-0.2, -0.15) is 4.98 Å². The molecular formula is C22H26N6O2. The molecule has 1 heterocycles. The minimum Gasteiger partial charge on any atom is -0.374 e. The second kappa shape index (κ2) is 9.82. The number of aliphatic hydroxyl groups excluding tert-OH is 1. The number of rotatable bonds is 8. The SMILES string of the molecule is CC(C)C(=O)Nc1cccc(Nc2ncc(C(N)O)c(NCc3ccccc3)n2)c1. The molecule has 1 unspecified atom stereocenters. The molecule has 0 spiro atoms. The summed E-state index contributed by atoms with van der Waals surface area (Å²) in [7, 11) is 0. The summed E-state index contributed by atoms with van der Waals surface area (Å²) in [6, 6.07) is 17.1. The van der Waals surface area contributed by atoms with Crippen LogP contribution in [-0.2, 0) is 11.3 Å². The number of carbonyl (C=O) groups is 1. The van der Waals surface area contributed by atoms with Crippen molar-refractivity contribution in [1.82, 2.24) is 9.97 Å². The van der Waals surface area contributed by atoms with Gasteiger partial charge in [-0.1, -0.05) is 50.2 Å². The van der Waals surface area contributed by atoms with E-state index in [-0.39, 0.29) is 11.8 Å². The van der Waals surface area contributed by atoms with Gasteiger partial charge in [0.05, 0.1) is 5.56 Å². The number of hydrogen-bond acceptors (Lipinski definition) is 7. The number of amides is 1.